The highest BCUT2D eigenvalue weighted by Crippen LogP contribution is 2.39. The molecule has 1 N–H and O–H groups in total. The van der Waals surface area contributed by atoms with E-state index < -0.39 is 21.6 Å². The number of anilines is 2. The third-order valence-corrected chi connectivity index (χ3v) is 7.56. The number of nitrogens with one attached hydrogen (secondary N) is 1. The molecular formula is C20H14BrFN2O3S2. The van der Waals surface area contributed by atoms with Crippen LogP contribution in [0.25, 0.3) is 0 Å². The lowest BCUT2D eigenvalue weighted by Crippen LogP contribution is -2.38. The molecule has 0 saturated carbocycles. The van der Waals surface area contributed by atoms with Crippen LogP contribution in [0.1, 0.15) is 15.2 Å². The number of hydrogen-bond acceptors (Lipinski definition) is 5. The molecule has 0 radical (unpaired) electrons. The second-order valence-corrected chi connectivity index (χ2v) is 9.92. The molecule has 1 aliphatic heterocycles. The normalized spacial score (nSPS) is 16.7. The van der Waals surface area contributed by atoms with E-state index in [1.165, 1.54) is 46.1 Å². The summed E-state index contributed by atoms with van der Waals surface area (Å²) in [5.41, 5.74) is 1.59. The van der Waals surface area contributed by atoms with Crippen molar-refractivity contribution in [1.82, 2.24) is 0 Å². The maximum Gasteiger partial charge on any atom is 0.270 e. The third-order valence-electron chi connectivity index (χ3n) is 4.36. The Bertz CT molecular complexity index is 1200. The SMILES string of the molecule is O=C1C(=CNc2ccc(Br)cc2)S(=O)(=O)N(Cc2ccc(F)cc2)c2ccsc21. The zero-order chi connectivity index (χ0) is 20.6. The van der Waals surface area contributed by atoms with E-state index >= 15 is 0 Å². The first-order valence-corrected chi connectivity index (χ1v) is 11.6. The molecule has 0 bridgehead atoms. The number of sulfonamides is 1. The maximum absolute atomic E-state index is 13.3. The number of carbonyl (C=O) groups excluding carboxylic acids is 1. The van der Waals surface area contributed by atoms with Crippen molar-refractivity contribution >= 4 is 54.4 Å². The molecular weight excluding hydrogens is 479 g/mol. The van der Waals surface area contributed by atoms with Crippen LogP contribution in [0.2, 0.25) is 0 Å². The number of fused-ring (bicyclic) bond motifs is 1. The van der Waals surface area contributed by atoms with Gasteiger partial charge in [-0.3, -0.25) is 9.10 Å². The number of ketones is 1. The summed E-state index contributed by atoms with van der Waals surface area (Å²) in [5, 5.41) is 4.57. The zero-order valence-electron chi connectivity index (χ0n) is 14.8. The Balaban J connectivity index is 1.73. The monoisotopic (exact) mass is 492 g/mol. The van der Waals surface area contributed by atoms with E-state index in [0.717, 1.165) is 4.47 Å². The van der Waals surface area contributed by atoms with Crippen molar-refractivity contribution < 1.29 is 17.6 Å². The van der Waals surface area contributed by atoms with Crippen LogP contribution in [0, 0.1) is 5.82 Å². The fourth-order valence-electron chi connectivity index (χ4n) is 2.91. The van der Waals surface area contributed by atoms with Gasteiger partial charge in [-0.25, -0.2) is 12.8 Å². The van der Waals surface area contributed by atoms with Crippen molar-refractivity contribution in [1.29, 1.82) is 0 Å². The van der Waals surface area contributed by atoms with Crippen LogP contribution in [0.4, 0.5) is 15.8 Å². The van der Waals surface area contributed by atoms with Gasteiger partial charge in [-0.1, -0.05) is 28.1 Å². The minimum atomic E-state index is -4.10. The summed E-state index contributed by atoms with van der Waals surface area (Å²) >= 11 is 4.52. The van der Waals surface area contributed by atoms with E-state index in [1.54, 1.807) is 35.7 Å². The average Bonchev–Trinajstić information content (AvgIpc) is 3.17. The highest BCUT2D eigenvalue weighted by molar-refractivity contribution is 9.10. The van der Waals surface area contributed by atoms with Crippen molar-refractivity contribution in [2.24, 2.45) is 0 Å². The molecule has 3 aromatic rings. The number of benzene rings is 2. The molecule has 148 valence electrons. The third kappa shape index (κ3) is 3.85. The van der Waals surface area contributed by atoms with Gasteiger partial charge in [-0.05, 0) is 53.4 Å². The summed E-state index contributed by atoms with van der Waals surface area (Å²) in [5.74, 6) is -0.948. The molecule has 5 nitrogen and oxygen atoms in total. The van der Waals surface area contributed by atoms with Crippen LogP contribution in [-0.2, 0) is 16.6 Å². The van der Waals surface area contributed by atoms with Crippen LogP contribution in [-0.4, -0.2) is 14.2 Å². The molecule has 29 heavy (non-hydrogen) atoms. The van der Waals surface area contributed by atoms with Crippen LogP contribution >= 0.6 is 27.3 Å². The van der Waals surface area contributed by atoms with E-state index in [1.807, 2.05) is 0 Å². The van der Waals surface area contributed by atoms with E-state index in [9.17, 15) is 17.6 Å². The smallest absolute Gasteiger partial charge is 0.270 e. The van der Waals surface area contributed by atoms with E-state index in [4.69, 9.17) is 0 Å². The van der Waals surface area contributed by atoms with Crippen molar-refractivity contribution in [3.05, 3.63) is 91.8 Å². The van der Waals surface area contributed by atoms with Crippen molar-refractivity contribution in [2.75, 3.05) is 9.62 Å². The van der Waals surface area contributed by atoms with Gasteiger partial charge in [0.25, 0.3) is 10.0 Å². The van der Waals surface area contributed by atoms with Crippen LogP contribution in [0.15, 0.2) is 75.6 Å². The van der Waals surface area contributed by atoms with Gasteiger partial charge < -0.3 is 5.32 Å². The lowest BCUT2D eigenvalue weighted by Gasteiger charge is -2.29. The first-order chi connectivity index (χ1) is 13.9. The van der Waals surface area contributed by atoms with Crippen molar-refractivity contribution in [2.45, 2.75) is 6.54 Å². The Hall–Kier alpha value is -2.49. The molecule has 2 aromatic carbocycles. The number of Topliss-reactive ketones (excluding diaryl/α,β-unsaturated/α-hetero) is 1. The van der Waals surface area contributed by atoms with Gasteiger partial charge in [-0.2, -0.15) is 0 Å². The highest BCUT2D eigenvalue weighted by atomic mass is 79.9. The molecule has 0 atom stereocenters. The quantitative estimate of drug-likeness (QED) is 0.512. The van der Waals surface area contributed by atoms with Crippen molar-refractivity contribution in [3.63, 3.8) is 0 Å². The number of halogens is 2. The summed E-state index contributed by atoms with van der Waals surface area (Å²) in [6.07, 6.45) is 1.22. The first kappa shape index (κ1) is 19.8. The molecule has 0 saturated heterocycles. The number of rotatable bonds is 4. The number of carbonyl (C=O) groups is 1. The van der Waals surface area contributed by atoms with Crippen LogP contribution in [0.5, 0.6) is 0 Å². The van der Waals surface area contributed by atoms with Crippen LogP contribution < -0.4 is 9.62 Å². The Morgan fingerprint density at radius 3 is 2.45 bits per heavy atom. The molecule has 2 heterocycles. The van der Waals surface area contributed by atoms with E-state index in [0.29, 0.717) is 21.8 Å². The Kier molecular flexibility index (Phi) is 5.28. The predicted octanol–water partition coefficient (Wildman–Crippen LogP) is 5.14. The van der Waals surface area contributed by atoms with Gasteiger partial charge >= 0.3 is 0 Å². The standard InChI is InChI=1S/C20H14BrFN2O3S2/c21-14-3-7-16(8-4-14)23-11-18-19(25)20-17(9-10-28-20)24(29(18,26)27)12-13-1-5-15(22)6-2-13/h1-11,23H,12H2. The molecule has 9 heteroatoms. The zero-order valence-corrected chi connectivity index (χ0v) is 18.0. The Morgan fingerprint density at radius 1 is 1.07 bits per heavy atom. The number of hydrogen-bond donors (Lipinski definition) is 1. The van der Waals surface area contributed by atoms with E-state index in [2.05, 4.69) is 21.2 Å². The minimum Gasteiger partial charge on any atom is -0.360 e. The second-order valence-electron chi connectivity index (χ2n) is 6.26. The first-order valence-electron chi connectivity index (χ1n) is 8.48. The van der Waals surface area contributed by atoms with Gasteiger partial charge in [0.1, 0.15) is 10.7 Å². The predicted molar refractivity (Wildman–Crippen MR) is 116 cm³/mol. The fourth-order valence-corrected chi connectivity index (χ4v) is 5.65. The van der Waals surface area contributed by atoms with Gasteiger partial charge in [0.05, 0.1) is 12.2 Å². The number of thiophene rings is 1. The summed E-state index contributed by atoms with van der Waals surface area (Å²) in [6.45, 7) is -0.00471. The molecule has 0 aliphatic carbocycles. The molecule has 1 aliphatic rings. The number of allylic oxidation sites excluding steroid dienone is 1. The topological polar surface area (TPSA) is 66.5 Å². The van der Waals surface area contributed by atoms with Crippen LogP contribution in [0.3, 0.4) is 0 Å². The summed E-state index contributed by atoms with van der Waals surface area (Å²) in [6, 6.07) is 14.3. The minimum absolute atomic E-state index is 0.00471. The molecule has 0 amide bonds. The largest absolute Gasteiger partial charge is 0.360 e. The average molecular weight is 493 g/mol. The lowest BCUT2D eigenvalue weighted by molar-refractivity contribution is 0.104. The van der Waals surface area contributed by atoms with Gasteiger partial charge in [-0.15, -0.1) is 11.3 Å². The molecule has 0 unspecified atom stereocenters. The number of nitrogens with zero attached hydrogens (tertiary/aromatic N) is 1. The molecule has 0 fully saturated rings. The Morgan fingerprint density at radius 2 is 1.76 bits per heavy atom. The molecule has 1 aromatic heterocycles. The fraction of sp³-hybridized carbons (Fsp3) is 0.0500. The molecule has 0 spiro atoms. The van der Waals surface area contributed by atoms with E-state index in [-0.39, 0.29) is 11.4 Å². The summed E-state index contributed by atoms with van der Waals surface area (Å²) in [4.78, 5) is 12.9. The van der Waals surface area contributed by atoms with Gasteiger partial charge in [0.2, 0.25) is 5.78 Å². The van der Waals surface area contributed by atoms with Gasteiger partial charge in [0.15, 0.2) is 4.91 Å². The summed E-state index contributed by atoms with van der Waals surface area (Å²) < 4.78 is 41.8. The van der Waals surface area contributed by atoms with Crippen molar-refractivity contribution in [3.8, 4) is 0 Å². The lowest BCUT2D eigenvalue weighted by atomic mass is 10.2. The maximum atomic E-state index is 13.3. The Labute approximate surface area is 179 Å². The molecule has 4 rings (SSSR count). The summed E-state index contributed by atoms with van der Waals surface area (Å²) in [7, 11) is -4.10. The highest BCUT2D eigenvalue weighted by Gasteiger charge is 2.41. The second kappa shape index (κ2) is 7.74. The van der Waals surface area contributed by atoms with Gasteiger partial charge in [0, 0.05) is 16.4 Å².